The fraction of sp³-hybridized carbons (Fsp3) is 0.250. The van der Waals surface area contributed by atoms with Gasteiger partial charge in [-0.15, -0.1) is 0 Å². The molecule has 1 aromatic heterocycles. The first-order valence-electron chi connectivity index (χ1n) is 5.53. The number of carbonyl (C=O) groups excluding carboxylic acids is 1. The summed E-state index contributed by atoms with van der Waals surface area (Å²) < 4.78 is 0. The molecule has 1 heterocycles. The molecule has 0 fully saturated rings. The van der Waals surface area contributed by atoms with Gasteiger partial charge in [0.1, 0.15) is 17.1 Å². The Morgan fingerprint density at radius 2 is 2.39 bits per heavy atom. The lowest BCUT2D eigenvalue weighted by molar-refractivity contribution is -0.497. The van der Waals surface area contributed by atoms with Gasteiger partial charge in [0.15, 0.2) is 5.69 Å². The first-order valence-corrected chi connectivity index (χ1v) is 5.91. The van der Waals surface area contributed by atoms with E-state index in [0.717, 1.165) is 5.69 Å². The molecule has 18 heavy (non-hydrogen) atoms. The molecule has 1 rings (SSSR count). The molecular formula is C12H16ClN4O+. The van der Waals surface area contributed by atoms with E-state index in [-0.39, 0.29) is 11.1 Å². The van der Waals surface area contributed by atoms with Gasteiger partial charge in [-0.25, -0.2) is 0 Å². The molecule has 1 aromatic rings. The van der Waals surface area contributed by atoms with E-state index in [0.29, 0.717) is 12.2 Å². The molecular weight excluding hydrogens is 252 g/mol. The van der Waals surface area contributed by atoms with Crippen molar-refractivity contribution in [1.29, 1.82) is 5.41 Å². The van der Waals surface area contributed by atoms with Crippen LogP contribution in [0.1, 0.15) is 13.8 Å². The molecule has 3 N–H and O–H groups in total. The number of nitrogens with zero attached hydrogens (tertiary/aromatic N) is 2. The Kier molecular flexibility index (Phi) is 5.48. The van der Waals surface area contributed by atoms with Gasteiger partial charge in [0.25, 0.3) is 0 Å². The zero-order valence-corrected chi connectivity index (χ0v) is 11.1. The van der Waals surface area contributed by atoms with Crippen molar-refractivity contribution in [2.24, 2.45) is 0 Å². The van der Waals surface area contributed by atoms with Crippen molar-refractivity contribution in [2.75, 3.05) is 6.54 Å². The van der Waals surface area contributed by atoms with E-state index in [1.165, 1.54) is 11.8 Å². The largest absolute Gasteiger partial charge is 0.306 e. The molecule has 0 aliphatic rings. The average Bonchev–Trinajstić information content (AvgIpc) is 2.34. The van der Waals surface area contributed by atoms with Crippen LogP contribution in [0.15, 0.2) is 36.4 Å². The Morgan fingerprint density at radius 3 is 2.83 bits per heavy atom. The van der Waals surface area contributed by atoms with E-state index < -0.39 is 0 Å². The lowest BCUT2D eigenvalue weighted by Crippen LogP contribution is -2.72. The van der Waals surface area contributed by atoms with Gasteiger partial charge in [0.05, 0.1) is 6.20 Å². The molecule has 6 heteroatoms. The summed E-state index contributed by atoms with van der Waals surface area (Å²) in [5, 5.41) is 9.12. The lowest BCUT2D eigenvalue weighted by Gasteiger charge is -2.19. The quantitative estimate of drug-likeness (QED) is 0.787. The molecule has 5 nitrogen and oxygen atoms in total. The van der Waals surface area contributed by atoms with E-state index in [2.05, 4.69) is 4.98 Å². The van der Waals surface area contributed by atoms with Crippen molar-refractivity contribution < 1.29 is 10.1 Å². The predicted molar refractivity (Wildman–Crippen MR) is 70.5 cm³/mol. The van der Waals surface area contributed by atoms with Crippen LogP contribution in [0.3, 0.4) is 0 Å². The molecule has 0 spiro atoms. The topological polar surface area (TPSA) is 73.7 Å². The van der Waals surface area contributed by atoms with Crippen molar-refractivity contribution >= 4 is 28.4 Å². The van der Waals surface area contributed by atoms with E-state index in [1.54, 1.807) is 23.9 Å². The van der Waals surface area contributed by atoms with Crippen molar-refractivity contribution in [2.45, 2.75) is 13.8 Å². The number of nitrogens with one attached hydrogen (secondary N) is 1. The third-order valence-corrected chi connectivity index (χ3v) is 2.52. The van der Waals surface area contributed by atoms with Crippen LogP contribution < -0.4 is 5.32 Å². The van der Waals surface area contributed by atoms with Gasteiger partial charge >= 0.3 is 0 Å². The summed E-state index contributed by atoms with van der Waals surface area (Å²) in [4.78, 5) is 16.9. The van der Waals surface area contributed by atoms with Crippen LogP contribution in [0.4, 0.5) is 5.69 Å². The summed E-state index contributed by atoms with van der Waals surface area (Å²) >= 11 is 5.71. The van der Waals surface area contributed by atoms with E-state index in [9.17, 15) is 4.79 Å². The van der Waals surface area contributed by atoms with E-state index >= 15 is 0 Å². The number of hydrogen-bond acceptors (Lipinski definition) is 3. The minimum atomic E-state index is -0.160. The van der Waals surface area contributed by atoms with Gasteiger partial charge in [-0.05, 0) is 13.0 Å². The van der Waals surface area contributed by atoms with Crippen LogP contribution in [0.25, 0.3) is 0 Å². The van der Waals surface area contributed by atoms with Gasteiger partial charge in [-0.2, -0.15) is 0 Å². The molecule has 0 saturated heterocycles. The number of allylic oxidation sites excluding steroid dienone is 1. The number of pyridine rings is 1. The molecule has 0 aromatic carbocycles. The van der Waals surface area contributed by atoms with Crippen LogP contribution in [0, 0.1) is 5.41 Å². The third-order valence-electron chi connectivity index (χ3n) is 2.33. The first kappa shape index (κ1) is 14.3. The molecule has 0 atom stereocenters. The fourth-order valence-electron chi connectivity index (χ4n) is 1.49. The minimum absolute atomic E-state index is 0.145. The normalized spacial score (nSPS) is 11.2. The minimum Gasteiger partial charge on any atom is -0.306 e. The summed E-state index contributed by atoms with van der Waals surface area (Å²) in [5.41, 5.74) is 1.27. The number of aromatic nitrogens is 1. The maximum absolute atomic E-state index is 11.4. The number of rotatable bonds is 5. The number of quaternary nitrogens is 1. The third kappa shape index (κ3) is 3.94. The number of hydrogen-bond donors (Lipinski definition) is 2. The Hall–Kier alpha value is -1.72. The number of carbonyl (C=O) groups is 1. The van der Waals surface area contributed by atoms with Crippen LogP contribution in [-0.4, -0.2) is 27.5 Å². The fourth-order valence-corrected chi connectivity index (χ4v) is 1.66. The van der Waals surface area contributed by atoms with Gasteiger partial charge in [-0.3, -0.25) is 20.5 Å². The maximum Gasteiger partial charge on any atom is 0.224 e. The van der Waals surface area contributed by atoms with Gasteiger partial charge in [0.2, 0.25) is 5.91 Å². The van der Waals surface area contributed by atoms with Gasteiger partial charge in [0, 0.05) is 25.7 Å². The van der Waals surface area contributed by atoms with E-state index in [1.807, 2.05) is 19.1 Å². The predicted octanol–water partition coefficient (Wildman–Crippen LogP) is 1.20. The standard InChI is InChI=1S/C12H15ClN4O/c1-3-17(9(2)18)11(12(13)14)8-16-10-5-4-6-15-7-10/h4-8,14,16H,3H2,1-2H3/p+1/b11-8+,14-12?. The molecule has 0 aliphatic carbocycles. The smallest absolute Gasteiger partial charge is 0.224 e. The highest BCUT2D eigenvalue weighted by molar-refractivity contribution is 6.68. The highest BCUT2D eigenvalue weighted by atomic mass is 35.5. The Labute approximate surface area is 111 Å². The zero-order chi connectivity index (χ0) is 13.5. The molecule has 0 bridgehead atoms. The van der Waals surface area contributed by atoms with Crippen molar-refractivity contribution in [3.8, 4) is 0 Å². The molecule has 0 aliphatic heterocycles. The van der Waals surface area contributed by atoms with Crippen molar-refractivity contribution in [3.05, 3.63) is 36.4 Å². The number of amides is 1. The lowest BCUT2D eigenvalue weighted by atomic mass is 10.3. The SMILES string of the molecule is CCN(C(C)=O)/C(=C/[NH2+]c1cccnc1)C(=N)Cl. The molecule has 1 amide bonds. The second-order valence-electron chi connectivity index (χ2n) is 3.58. The second kappa shape index (κ2) is 6.88. The summed E-state index contributed by atoms with van der Waals surface area (Å²) in [6.07, 6.45) is 5.02. The number of halogens is 1. The van der Waals surface area contributed by atoms with Crippen LogP contribution in [0.5, 0.6) is 0 Å². The summed E-state index contributed by atoms with van der Waals surface area (Å²) in [6, 6.07) is 3.69. The van der Waals surface area contributed by atoms with Gasteiger partial charge in [-0.1, -0.05) is 11.6 Å². The maximum atomic E-state index is 11.4. The highest BCUT2D eigenvalue weighted by Crippen LogP contribution is 2.07. The monoisotopic (exact) mass is 267 g/mol. The molecule has 0 radical (unpaired) electrons. The second-order valence-corrected chi connectivity index (χ2v) is 3.96. The Morgan fingerprint density at radius 1 is 1.67 bits per heavy atom. The summed E-state index contributed by atoms with van der Waals surface area (Å²) in [7, 11) is 0. The average molecular weight is 268 g/mol. The Balaban J connectivity index is 2.91. The summed E-state index contributed by atoms with van der Waals surface area (Å²) in [5.74, 6) is -0.145. The van der Waals surface area contributed by atoms with Crippen molar-refractivity contribution in [1.82, 2.24) is 9.88 Å². The van der Waals surface area contributed by atoms with Crippen LogP contribution >= 0.6 is 11.6 Å². The highest BCUT2D eigenvalue weighted by Gasteiger charge is 2.17. The molecule has 0 unspecified atom stereocenters. The van der Waals surface area contributed by atoms with Crippen LogP contribution in [-0.2, 0) is 4.79 Å². The summed E-state index contributed by atoms with van der Waals surface area (Å²) in [6.45, 7) is 3.75. The van der Waals surface area contributed by atoms with Crippen LogP contribution in [0.2, 0.25) is 0 Å². The zero-order valence-electron chi connectivity index (χ0n) is 10.4. The van der Waals surface area contributed by atoms with Gasteiger partial charge < -0.3 is 4.90 Å². The molecule has 0 saturated carbocycles. The first-order chi connectivity index (χ1) is 8.56. The van der Waals surface area contributed by atoms with Crippen molar-refractivity contribution in [3.63, 3.8) is 0 Å². The molecule has 96 valence electrons. The number of nitrogens with two attached hydrogens (primary N) is 1. The Bertz CT molecular complexity index is 458. The van der Waals surface area contributed by atoms with E-state index in [4.69, 9.17) is 17.0 Å².